The number of methoxy groups -OCH3 is 2. The highest BCUT2D eigenvalue weighted by Gasteiger charge is 2.11. The summed E-state index contributed by atoms with van der Waals surface area (Å²) in [5.41, 5.74) is 3.81. The minimum Gasteiger partial charge on any atom is -0.497 e. The Hall–Kier alpha value is -2.53. The lowest BCUT2D eigenvalue weighted by atomic mass is 10.1. The zero-order valence-corrected chi connectivity index (χ0v) is 16.2. The average Bonchev–Trinajstić information content (AvgIpc) is 2.67. The van der Waals surface area contributed by atoms with Gasteiger partial charge in [-0.15, -0.1) is 0 Å². The first kappa shape index (κ1) is 18.3. The Labute approximate surface area is 158 Å². The largest absolute Gasteiger partial charge is 0.497 e. The lowest BCUT2D eigenvalue weighted by Crippen LogP contribution is -1.97. The fourth-order valence-electron chi connectivity index (χ4n) is 2.53. The Morgan fingerprint density at radius 2 is 1.42 bits per heavy atom. The summed E-state index contributed by atoms with van der Waals surface area (Å²) in [5.74, 6) is 1.64. The molecule has 3 rings (SSSR count). The van der Waals surface area contributed by atoms with Crippen molar-refractivity contribution in [3.05, 3.63) is 54.6 Å². The second-order valence-corrected chi connectivity index (χ2v) is 7.59. The Morgan fingerprint density at radius 1 is 0.769 bits per heavy atom. The summed E-state index contributed by atoms with van der Waals surface area (Å²) in [6.07, 6.45) is 0. The predicted molar refractivity (Wildman–Crippen MR) is 107 cm³/mol. The van der Waals surface area contributed by atoms with E-state index in [1.165, 1.54) is 0 Å². The van der Waals surface area contributed by atoms with E-state index in [1.807, 2.05) is 54.6 Å². The van der Waals surface area contributed by atoms with Crippen LogP contribution in [0.25, 0.3) is 22.5 Å². The normalized spacial score (nSPS) is 10.8. The quantitative estimate of drug-likeness (QED) is 0.436. The van der Waals surface area contributed by atoms with Crippen LogP contribution >= 0.6 is 11.8 Å². The summed E-state index contributed by atoms with van der Waals surface area (Å²) in [6, 6.07) is 17.9. The van der Waals surface area contributed by atoms with Gasteiger partial charge in [-0.3, -0.25) is 0 Å². The molecule has 0 atom stereocenters. The molecule has 0 fully saturated rings. The first-order valence-corrected chi connectivity index (χ1v) is 9.31. The van der Waals surface area contributed by atoms with Gasteiger partial charge in [0.25, 0.3) is 0 Å². The molecule has 0 saturated carbocycles. The zero-order valence-electron chi connectivity index (χ0n) is 15.4. The van der Waals surface area contributed by atoms with Crippen molar-refractivity contribution in [2.45, 2.75) is 24.3 Å². The van der Waals surface area contributed by atoms with E-state index >= 15 is 0 Å². The number of nitrogens with zero attached hydrogens (tertiary/aromatic N) is 2. The molecule has 134 valence electrons. The van der Waals surface area contributed by atoms with Gasteiger partial charge >= 0.3 is 0 Å². The van der Waals surface area contributed by atoms with Gasteiger partial charge in [-0.25, -0.2) is 9.97 Å². The second-order valence-electron chi connectivity index (χ2n) is 6.05. The summed E-state index contributed by atoms with van der Waals surface area (Å²) in [4.78, 5) is 9.50. The minimum atomic E-state index is 0.402. The van der Waals surface area contributed by atoms with Gasteiger partial charge in [0.15, 0.2) is 5.16 Å². The monoisotopic (exact) mass is 366 g/mol. The van der Waals surface area contributed by atoms with Crippen LogP contribution in [-0.2, 0) is 0 Å². The first-order valence-electron chi connectivity index (χ1n) is 8.43. The van der Waals surface area contributed by atoms with E-state index < -0.39 is 0 Å². The molecule has 5 heteroatoms. The number of hydrogen-bond acceptors (Lipinski definition) is 5. The SMILES string of the molecule is COc1ccc(-c2cc(-c3cccc(OC)c3)nc(SC(C)C)n2)cc1. The van der Waals surface area contributed by atoms with Crippen molar-refractivity contribution in [1.82, 2.24) is 9.97 Å². The number of thioether (sulfide) groups is 1. The standard InChI is InChI=1S/C21H22N2O2S/c1-14(2)26-21-22-19(15-8-10-17(24-3)11-9-15)13-20(23-21)16-6-5-7-18(12-16)25-4/h5-14H,1-4H3. The molecule has 0 radical (unpaired) electrons. The zero-order chi connectivity index (χ0) is 18.5. The van der Waals surface area contributed by atoms with Crippen molar-refractivity contribution in [2.75, 3.05) is 14.2 Å². The summed E-state index contributed by atoms with van der Waals surface area (Å²) >= 11 is 1.66. The van der Waals surface area contributed by atoms with E-state index in [-0.39, 0.29) is 0 Å². The number of hydrogen-bond donors (Lipinski definition) is 0. The van der Waals surface area contributed by atoms with Crippen molar-refractivity contribution in [3.63, 3.8) is 0 Å². The van der Waals surface area contributed by atoms with Crippen LogP contribution in [-0.4, -0.2) is 29.4 Å². The molecular formula is C21H22N2O2S. The molecule has 1 heterocycles. The van der Waals surface area contributed by atoms with Gasteiger partial charge in [-0.05, 0) is 42.5 Å². The van der Waals surface area contributed by atoms with E-state index in [2.05, 4.69) is 13.8 Å². The maximum atomic E-state index is 5.35. The van der Waals surface area contributed by atoms with Crippen molar-refractivity contribution >= 4 is 11.8 Å². The minimum absolute atomic E-state index is 0.402. The Balaban J connectivity index is 2.08. The average molecular weight is 366 g/mol. The lowest BCUT2D eigenvalue weighted by molar-refractivity contribution is 0.415. The van der Waals surface area contributed by atoms with E-state index in [9.17, 15) is 0 Å². The fraction of sp³-hybridized carbons (Fsp3) is 0.238. The van der Waals surface area contributed by atoms with Gasteiger partial charge in [-0.2, -0.15) is 0 Å². The molecule has 0 amide bonds. The lowest BCUT2D eigenvalue weighted by Gasteiger charge is -2.11. The molecule has 1 aromatic heterocycles. The van der Waals surface area contributed by atoms with Gasteiger partial charge in [0, 0.05) is 16.4 Å². The maximum Gasteiger partial charge on any atom is 0.188 e. The molecule has 26 heavy (non-hydrogen) atoms. The fourth-order valence-corrected chi connectivity index (χ4v) is 3.25. The van der Waals surface area contributed by atoms with Gasteiger partial charge in [0.1, 0.15) is 11.5 Å². The summed E-state index contributed by atoms with van der Waals surface area (Å²) in [5, 5.41) is 1.17. The van der Waals surface area contributed by atoms with Gasteiger partial charge in [-0.1, -0.05) is 37.7 Å². The maximum absolute atomic E-state index is 5.35. The third kappa shape index (κ3) is 4.35. The third-order valence-electron chi connectivity index (χ3n) is 3.80. The molecule has 0 aliphatic carbocycles. The summed E-state index contributed by atoms with van der Waals surface area (Å²) < 4.78 is 10.6. The Kier molecular flexibility index (Phi) is 5.78. The first-order chi connectivity index (χ1) is 12.6. The second kappa shape index (κ2) is 8.23. The van der Waals surface area contributed by atoms with Crippen LogP contribution in [0.1, 0.15) is 13.8 Å². The van der Waals surface area contributed by atoms with Crippen LogP contribution < -0.4 is 9.47 Å². The van der Waals surface area contributed by atoms with E-state index in [0.717, 1.165) is 39.2 Å². The number of benzene rings is 2. The molecule has 0 N–H and O–H groups in total. The number of aromatic nitrogens is 2. The van der Waals surface area contributed by atoms with Crippen LogP contribution in [0.3, 0.4) is 0 Å². The molecule has 0 bridgehead atoms. The van der Waals surface area contributed by atoms with Crippen LogP contribution in [0.5, 0.6) is 11.5 Å². The Bertz CT molecular complexity index is 879. The van der Waals surface area contributed by atoms with Crippen LogP contribution in [0.2, 0.25) is 0 Å². The smallest absolute Gasteiger partial charge is 0.188 e. The van der Waals surface area contributed by atoms with E-state index in [0.29, 0.717) is 5.25 Å². The van der Waals surface area contributed by atoms with E-state index in [4.69, 9.17) is 19.4 Å². The molecular weight excluding hydrogens is 344 g/mol. The molecule has 0 aliphatic heterocycles. The molecule has 2 aromatic carbocycles. The number of rotatable bonds is 6. The summed E-state index contributed by atoms with van der Waals surface area (Å²) in [7, 11) is 3.33. The van der Waals surface area contributed by atoms with E-state index in [1.54, 1.807) is 26.0 Å². The van der Waals surface area contributed by atoms with Crippen molar-refractivity contribution in [2.24, 2.45) is 0 Å². The highest BCUT2D eigenvalue weighted by atomic mass is 32.2. The highest BCUT2D eigenvalue weighted by molar-refractivity contribution is 7.99. The topological polar surface area (TPSA) is 44.2 Å². The van der Waals surface area contributed by atoms with Crippen molar-refractivity contribution in [3.8, 4) is 34.0 Å². The van der Waals surface area contributed by atoms with Gasteiger partial charge in [0.05, 0.1) is 25.6 Å². The number of ether oxygens (including phenoxy) is 2. The van der Waals surface area contributed by atoms with Gasteiger partial charge < -0.3 is 9.47 Å². The van der Waals surface area contributed by atoms with Crippen LogP contribution in [0.15, 0.2) is 59.8 Å². The molecule has 0 aliphatic rings. The molecule has 3 aromatic rings. The van der Waals surface area contributed by atoms with Crippen molar-refractivity contribution in [1.29, 1.82) is 0 Å². The molecule has 0 spiro atoms. The van der Waals surface area contributed by atoms with Crippen LogP contribution in [0.4, 0.5) is 0 Å². The summed E-state index contributed by atoms with van der Waals surface area (Å²) in [6.45, 7) is 4.28. The van der Waals surface area contributed by atoms with Crippen LogP contribution in [0, 0.1) is 0 Å². The molecule has 0 saturated heterocycles. The third-order valence-corrected chi connectivity index (χ3v) is 4.66. The van der Waals surface area contributed by atoms with Crippen molar-refractivity contribution < 1.29 is 9.47 Å². The highest BCUT2D eigenvalue weighted by Crippen LogP contribution is 2.30. The van der Waals surface area contributed by atoms with Gasteiger partial charge in [0.2, 0.25) is 0 Å². The predicted octanol–water partition coefficient (Wildman–Crippen LogP) is 5.33. The molecule has 4 nitrogen and oxygen atoms in total. The Morgan fingerprint density at radius 3 is 2.04 bits per heavy atom. The molecule has 0 unspecified atom stereocenters.